The maximum Gasteiger partial charge on any atom is 0.673 e. The van der Waals surface area contributed by atoms with E-state index in [0.717, 1.165) is 11.5 Å². The van der Waals surface area contributed by atoms with Gasteiger partial charge in [-0.1, -0.05) is 17.2 Å². The van der Waals surface area contributed by atoms with E-state index in [1.54, 1.807) is 9.48 Å². The van der Waals surface area contributed by atoms with E-state index in [-0.39, 0.29) is 35.5 Å². The highest BCUT2D eigenvalue weighted by molar-refractivity contribution is 6.50. The van der Waals surface area contributed by atoms with Crippen LogP contribution < -0.4 is 0 Å². The minimum absolute atomic E-state index is 0.196. The molecule has 0 radical (unpaired) electrons. The molecule has 2 fully saturated rings. The Kier molecular flexibility index (Phi) is 5.15. The number of carbonyl (C=O) groups excluding carboxylic acids is 2. The minimum atomic E-state index is -6.00. The molecular formula is C14H20BF4N3O3. The Balaban J connectivity index is 0.000000399. The van der Waals surface area contributed by atoms with Crippen LogP contribution in [0.3, 0.4) is 0 Å². The molecule has 1 heterocycles. The molecule has 4 atom stereocenters. The fourth-order valence-electron chi connectivity index (χ4n) is 3.61. The first-order valence-electron chi connectivity index (χ1n) is 7.74. The number of hydroxylamine groups is 2. The molecule has 1 saturated heterocycles. The maximum atomic E-state index is 12.5. The summed E-state index contributed by atoms with van der Waals surface area (Å²) >= 11 is 0. The summed E-state index contributed by atoms with van der Waals surface area (Å²) < 4.78 is 40.7. The number of fused-ring (bicyclic) bond motifs is 5. The zero-order valence-corrected chi connectivity index (χ0v) is 14.3. The van der Waals surface area contributed by atoms with E-state index in [9.17, 15) is 26.9 Å². The topological polar surface area (TPSA) is 52.9 Å². The van der Waals surface area contributed by atoms with Crippen LogP contribution in [0.15, 0.2) is 12.2 Å². The second-order valence-corrected chi connectivity index (χ2v) is 6.63. The van der Waals surface area contributed by atoms with Gasteiger partial charge in [-0.15, -0.1) is 0 Å². The molecule has 6 nitrogen and oxygen atoms in total. The molecule has 25 heavy (non-hydrogen) atoms. The molecule has 2 aliphatic carbocycles. The average molecular weight is 365 g/mol. The third-order valence-electron chi connectivity index (χ3n) is 4.37. The van der Waals surface area contributed by atoms with Gasteiger partial charge < -0.3 is 17.3 Å². The number of allylic oxidation sites excluding steroid dienone is 2. The van der Waals surface area contributed by atoms with Crippen molar-refractivity contribution in [2.45, 2.75) is 6.42 Å². The quantitative estimate of drug-likeness (QED) is 0.133. The van der Waals surface area contributed by atoms with Crippen LogP contribution >= 0.6 is 0 Å². The van der Waals surface area contributed by atoms with Crippen molar-refractivity contribution in [1.29, 1.82) is 0 Å². The molecule has 140 valence electrons. The van der Waals surface area contributed by atoms with Crippen LogP contribution in [0.5, 0.6) is 0 Å². The molecule has 0 aromatic carbocycles. The van der Waals surface area contributed by atoms with E-state index in [4.69, 9.17) is 4.84 Å². The van der Waals surface area contributed by atoms with Crippen molar-refractivity contribution < 1.29 is 36.3 Å². The van der Waals surface area contributed by atoms with Crippen LogP contribution in [-0.4, -0.2) is 67.8 Å². The van der Waals surface area contributed by atoms with Crippen molar-refractivity contribution in [3.8, 4) is 0 Å². The van der Waals surface area contributed by atoms with E-state index in [1.807, 2.05) is 28.2 Å². The predicted molar refractivity (Wildman–Crippen MR) is 81.6 cm³/mol. The number of rotatable bonds is 1. The highest BCUT2D eigenvalue weighted by Crippen LogP contribution is 2.52. The summed E-state index contributed by atoms with van der Waals surface area (Å²) in [4.78, 5) is 32.3. The average Bonchev–Trinajstić information content (AvgIpc) is 3.09. The number of hydrogen-bond donors (Lipinski definition) is 0. The molecule has 1 saturated carbocycles. The first-order chi connectivity index (χ1) is 11.4. The molecule has 2 amide bonds. The van der Waals surface area contributed by atoms with Crippen molar-refractivity contribution >= 4 is 25.1 Å². The Labute approximate surface area is 142 Å². The fourth-order valence-corrected chi connectivity index (χ4v) is 3.61. The van der Waals surface area contributed by atoms with Gasteiger partial charge in [-0.2, -0.15) is 0 Å². The summed E-state index contributed by atoms with van der Waals surface area (Å²) in [6, 6.07) is 0.465. The Bertz CT molecular complexity index is 595. The van der Waals surface area contributed by atoms with Gasteiger partial charge in [0.25, 0.3) is 11.8 Å². The Morgan fingerprint density at radius 3 is 1.84 bits per heavy atom. The minimum Gasteiger partial charge on any atom is -0.418 e. The van der Waals surface area contributed by atoms with E-state index >= 15 is 0 Å². The summed E-state index contributed by atoms with van der Waals surface area (Å²) in [5, 5.41) is 0.969. The van der Waals surface area contributed by atoms with Crippen molar-refractivity contribution in [3.63, 3.8) is 0 Å². The monoisotopic (exact) mass is 365 g/mol. The summed E-state index contributed by atoms with van der Waals surface area (Å²) in [7, 11) is 1.25. The molecule has 0 spiro atoms. The second-order valence-electron chi connectivity index (χ2n) is 6.63. The smallest absolute Gasteiger partial charge is 0.418 e. The summed E-state index contributed by atoms with van der Waals surface area (Å²) in [5.41, 5.74) is 0. The van der Waals surface area contributed by atoms with Gasteiger partial charge in [-0.25, -0.2) is 9.48 Å². The second kappa shape index (κ2) is 6.68. The third-order valence-corrected chi connectivity index (χ3v) is 4.37. The highest BCUT2D eigenvalue weighted by atomic mass is 19.5. The first-order valence-corrected chi connectivity index (χ1v) is 7.74. The van der Waals surface area contributed by atoms with E-state index in [1.165, 1.54) is 0 Å². The molecule has 3 aliphatic rings. The van der Waals surface area contributed by atoms with Crippen LogP contribution in [0.25, 0.3) is 0 Å². The molecule has 0 aromatic heterocycles. The van der Waals surface area contributed by atoms with Crippen LogP contribution in [0.2, 0.25) is 0 Å². The van der Waals surface area contributed by atoms with Gasteiger partial charge in [0.1, 0.15) is 0 Å². The van der Waals surface area contributed by atoms with E-state index in [2.05, 4.69) is 12.2 Å². The normalized spacial score (nSPS) is 29.4. The summed E-state index contributed by atoms with van der Waals surface area (Å²) in [6.07, 6.45) is 5.07. The molecule has 1 aliphatic heterocycles. The summed E-state index contributed by atoms with van der Waals surface area (Å²) in [6.45, 7) is 0. The van der Waals surface area contributed by atoms with Gasteiger partial charge in [0.2, 0.25) is 0 Å². The molecule has 11 heteroatoms. The number of amidine groups is 1. The fraction of sp³-hybridized carbons (Fsp3) is 0.643. The Hall–Kier alpha value is -2.07. The zero-order valence-electron chi connectivity index (χ0n) is 14.3. The van der Waals surface area contributed by atoms with E-state index in [0.29, 0.717) is 6.02 Å². The molecule has 0 N–H and O–H groups in total. The lowest BCUT2D eigenvalue weighted by Crippen LogP contribution is -2.42. The Morgan fingerprint density at radius 1 is 1.12 bits per heavy atom. The lowest BCUT2D eigenvalue weighted by Gasteiger charge is -2.18. The van der Waals surface area contributed by atoms with Crippen LogP contribution in [0.1, 0.15) is 6.42 Å². The Morgan fingerprint density at radius 2 is 1.52 bits per heavy atom. The third kappa shape index (κ3) is 3.96. The lowest BCUT2D eigenvalue weighted by molar-refractivity contribution is -0.484. The lowest BCUT2D eigenvalue weighted by atomic mass is 9.85. The summed E-state index contributed by atoms with van der Waals surface area (Å²) in [5.74, 6) is -0.420. The van der Waals surface area contributed by atoms with Crippen molar-refractivity contribution in [3.05, 3.63) is 12.2 Å². The van der Waals surface area contributed by atoms with Crippen molar-refractivity contribution in [1.82, 2.24) is 9.96 Å². The zero-order chi connectivity index (χ0) is 19.1. The molecule has 3 rings (SSSR count). The van der Waals surface area contributed by atoms with Gasteiger partial charge in [0.15, 0.2) is 0 Å². The number of hydrogen-bond acceptors (Lipinski definition) is 3. The van der Waals surface area contributed by atoms with Gasteiger partial charge in [-0.3, -0.25) is 14.4 Å². The van der Waals surface area contributed by atoms with Crippen molar-refractivity contribution in [2.75, 3.05) is 28.2 Å². The van der Waals surface area contributed by atoms with Gasteiger partial charge in [-0.05, 0) is 18.3 Å². The van der Waals surface area contributed by atoms with Gasteiger partial charge >= 0.3 is 13.3 Å². The van der Waals surface area contributed by atoms with Crippen LogP contribution in [0.4, 0.5) is 17.3 Å². The van der Waals surface area contributed by atoms with Crippen LogP contribution in [-0.2, 0) is 14.4 Å². The predicted octanol–water partition coefficient (Wildman–Crippen LogP) is 1.21. The number of imide groups is 1. The largest absolute Gasteiger partial charge is 0.673 e. The van der Waals surface area contributed by atoms with Crippen LogP contribution in [0, 0.1) is 23.7 Å². The number of halogens is 4. The number of amides is 2. The molecular weight excluding hydrogens is 345 g/mol. The first kappa shape index (κ1) is 19.3. The maximum absolute atomic E-state index is 12.5. The van der Waals surface area contributed by atoms with E-state index < -0.39 is 7.25 Å². The van der Waals surface area contributed by atoms with Gasteiger partial charge in [0.05, 0.1) is 40.0 Å². The number of carbonyl (C=O) groups is 2. The highest BCUT2D eigenvalue weighted by Gasteiger charge is 2.61. The molecule has 2 bridgehead atoms. The standard InChI is InChI=1S/C14H20N3O3.BF4/c1-15(2)14(16(3)4)20-17-12(18)10-8-5-6-9(7-8)11(10)13(17)19;2-1(3,4)5/h5-6,8-11H,7H2,1-4H3;/q+1;-1/t8-,9+,10?,11?;. The van der Waals surface area contributed by atoms with Gasteiger partial charge in [0, 0.05) is 0 Å². The molecule has 0 aromatic rings. The van der Waals surface area contributed by atoms with Crippen molar-refractivity contribution in [2.24, 2.45) is 23.7 Å². The SMILES string of the molecule is CN(C)C(ON1C(=O)C2C(C1=O)[C@H]1C=C[C@@H]2C1)=[N+](C)C.F[B-](F)(F)F. The number of nitrogens with zero attached hydrogens (tertiary/aromatic N) is 3. The molecule has 2 unspecified atom stereocenters.